The molecule has 0 spiro atoms. The van der Waals surface area contributed by atoms with E-state index in [0.29, 0.717) is 17.1 Å². The largest absolute Gasteiger partial charge is 0.299 e. The second kappa shape index (κ2) is 4.16. The fourth-order valence-corrected chi connectivity index (χ4v) is 7.80. The van der Waals surface area contributed by atoms with Gasteiger partial charge in [0.25, 0.3) is 0 Å². The smallest absolute Gasteiger partial charge is 0.139 e. The minimum Gasteiger partial charge on any atom is -0.299 e. The Labute approximate surface area is 134 Å². The minimum absolute atomic E-state index is 0.00940. The van der Waals surface area contributed by atoms with E-state index in [1.807, 2.05) is 0 Å². The number of hydrogen-bond acceptors (Lipinski definition) is 1. The lowest BCUT2D eigenvalue weighted by Gasteiger charge is -2.58. The molecule has 0 heterocycles. The lowest BCUT2D eigenvalue weighted by Crippen LogP contribution is -2.53. The van der Waals surface area contributed by atoms with Gasteiger partial charge in [-0.05, 0) is 74.5 Å². The van der Waals surface area contributed by atoms with Gasteiger partial charge in [-0.1, -0.05) is 24.6 Å². The normalized spacial score (nSPS) is 55.4. The molecular formula is C21H28O. The Hall–Kier alpha value is -0.850. The van der Waals surface area contributed by atoms with Gasteiger partial charge in [-0.25, -0.2) is 0 Å². The van der Waals surface area contributed by atoms with Crippen LogP contribution in [0.15, 0.2) is 24.3 Å². The number of carbonyl (C=O) groups is 1. The molecule has 4 saturated carbocycles. The highest BCUT2D eigenvalue weighted by molar-refractivity contribution is 5.87. The zero-order valence-electron chi connectivity index (χ0n) is 13.8. The van der Waals surface area contributed by atoms with Crippen LogP contribution in [-0.2, 0) is 4.79 Å². The van der Waals surface area contributed by atoms with Crippen LogP contribution in [0.3, 0.4) is 0 Å². The highest BCUT2D eigenvalue weighted by atomic mass is 16.1. The average Bonchev–Trinajstić information content (AvgIpc) is 2.68. The number of carbonyl (C=O) groups excluding carboxylic acids is 1. The molecule has 4 bridgehead atoms. The first kappa shape index (κ1) is 13.6. The summed E-state index contributed by atoms with van der Waals surface area (Å²) in [4.78, 5) is 12.7. The predicted octanol–water partition coefficient (Wildman–Crippen LogP) is 4.93. The molecule has 0 saturated heterocycles. The van der Waals surface area contributed by atoms with Crippen molar-refractivity contribution in [1.82, 2.24) is 0 Å². The summed E-state index contributed by atoms with van der Waals surface area (Å²) in [6, 6.07) is 0. The standard InChI is InChI=1S/C21H28O/c1-3-21-9-8-13-10-14-12-20(2)17(6-7-18(20)22)16(19(14)21)5-4-15(21)11-13/h3,11,13-14,16-17,19H,1,4-10,12H2,2H3/t13?,14?,16-,17-,19-,20-,21-/m0/s1. The number of allylic oxidation sites excluding steroid dienone is 3. The molecule has 2 unspecified atom stereocenters. The van der Waals surface area contributed by atoms with Crippen molar-refractivity contribution >= 4 is 5.78 Å². The van der Waals surface area contributed by atoms with Crippen LogP contribution in [0.4, 0.5) is 0 Å². The van der Waals surface area contributed by atoms with Crippen LogP contribution < -0.4 is 0 Å². The van der Waals surface area contributed by atoms with E-state index >= 15 is 0 Å². The molecule has 0 aromatic carbocycles. The van der Waals surface area contributed by atoms with Crippen molar-refractivity contribution in [2.24, 2.45) is 40.4 Å². The number of Topliss-reactive ketones (excluding diaryl/α,β-unsaturated/α-hetero) is 1. The van der Waals surface area contributed by atoms with E-state index in [4.69, 9.17) is 0 Å². The molecule has 6 aliphatic carbocycles. The topological polar surface area (TPSA) is 17.1 Å². The van der Waals surface area contributed by atoms with E-state index in [-0.39, 0.29) is 5.41 Å². The van der Waals surface area contributed by atoms with Crippen LogP contribution in [0.25, 0.3) is 0 Å². The summed E-state index contributed by atoms with van der Waals surface area (Å²) in [5, 5.41) is 0. The van der Waals surface area contributed by atoms with Crippen molar-refractivity contribution in [2.75, 3.05) is 0 Å². The molecular weight excluding hydrogens is 268 g/mol. The summed E-state index contributed by atoms with van der Waals surface area (Å²) in [5.41, 5.74) is 2.04. The van der Waals surface area contributed by atoms with Crippen molar-refractivity contribution in [3.8, 4) is 0 Å². The van der Waals surface area contributed by atoms with Gasteiger partial charge in [0.2, 0.25) is 0 Å². The molecule has 118 valence electrons. The van der Waals surface area contributed by atoms with Crippen molar-refractivity contribution in [1.29, 1.82) is 0 Å². The van der Waals surface area contributed by atoms with Crippen molar-refractivity contribution < 1.29 is 4.79 Å². The lowest BCUT2D eigenvalue weighted by atomic mass is 9.45. The summed E-state index contributed by atoms with van der Waals surface area (Å²) < 4.78 is 0. The molecule has 0 aromatic heterocycles. The van der Waals surface area contributed by atoms with Gasteiger partial charge in [0.1, 0.15) is 5.78 Å². The van der Waals surface area contributed by atoms with E-state index in [0.717, 1.165) is 30.1 Å². The Morgan fingerprint density at radius 3 is 2.95 bits per heavy atom. The third-order valence-corrected chi connectivity index (χ3v) is 8.59. The predicted molar refractivity (Wildman–Crippen MR) is 88.2 cm³/mol. The van der Waals surface area contributed by atoms with Crippen LogP contribution >= 0.6 is 0 Å². The Morgan fingerprint density at radius 2 is 2.14 bits per heavy atom. The molecule has 22 heavy (non-hydrogen) atoms. The quantitative estimate of drug-likeness (QED) is 0.627. The van der Waals surface area contributed by atoms with Crippen LogP contribution in [0.1, 0.15) is 58.3 Å². The summed E-state index contributed by atoms with van der Waals surface area (Å²) in [6.07, 6.45) is 14.8. The maximum atomic E-state index is 12.7. The molecule has 0 aromatic rings. The van der Waals surface area contributed by atoms with Crippen LogP contribution in [0.2, 0.25) is 0 Å². The van der Waals surface area contributed by atoms with Crippen molar-refractivity contribution in [3.63, 3.8) is 0 Å². The Morgan fingerprint density at radius 1 is 1.27 bits per heavy atom. The molecule has 0 aliphatic heterocycles. The van der Waals surface area contributed by atoms with Gasteiger partial charge in [-0.2, -0.15) is 0 Å². The maximum absolute atomic E-state index is 12.7. The van der Waals surface area contributed by atoms with Crippen LogP contribution in [0.5, 0.6) is 0 Å². The highest BCUT2D eigenvalue weighted by Crippen LogP contribution is 2.69. The van der Waals surface area contributed by atoms with E-state index in [2.05, 4.69) is 25.7 Å². The average molecular weight is 296 g/mol. The van der Waals surface area contributed by atoms with Gasteiger partial charge in [0, 0.05) is 17.3 Å². The lowest BCUT2D eigenvalue weighted by molar-refractivity contribution is -0.135. The van der Waals surface area contributed by atoms with E-state index in [1.54, 1.807) is 5.57 Å². The Kier molecular flexibility index (Phi) is 2.57. The number of hydrogen-bond donors (Lipinski definition) is 0. The molecule has 1 nitrogen and oxygen atoms in total. The molecule has 0 radical (unpaired) electrons. The Bertz CT molecular complexity index is 587. The molecule has 1 heteroatoms. The van der Waals surface area contributed by atoms with Crippen molar-refractivity contribution in [3.05, 3.63) is 24.3 Å². The number of fused-ring (bicyclic) bond motifs is 3. The fraction of sp³-hybridized carbons (Fsp3) is 0.762. The van der Waals surface area contributed by atoms with Crippen LogP contribution in [-0.4, -0.2) is 5.78 Å². The summed E-state index contributed by atoms with van der Waals surface area (Å²) in [7, 11) is 0. The van der Waals surface area contributed by atoms with E-state index in [1.165, 1.54) is 44.9 Å². The third-order valence-electron chi connectivity index (χ3n) is 8.59. The zero-order valence-corrected chi connectivity index (χ0v) is 13.8. The molecule has 6 rings (SSSR count). The van der Waals surface area contributed by atoms with Gasteiger partial charge >= 0.3 is 0 Å². The first-order chi connectivity index (χ1) is 10.6. The van der Waals surface area contributed by atoms with Crippen LogP contribution in [0, 0.1) is 40.4 Å². The second-order valence-electron chi connectivity index (χ2n) is 9.15. The zero-order chi connectivity index (χ0) is 15.1. The molecule has 0 amide bonds. The molecule has 6 aliphatic rings. The molecule has 0 N–H and O–H groups in total. The summed E-state index contributed by atoms with van der Waals surface area (Å²) in [5.74, 6) is 4.36. The van der Waals surface area contributed by atoms with Gasteiger partial charge in [-0.15, -0.1) is 6.58 Å². The van der Waals surface area contributed by atoms with Gasteiger partial charge in [0.15, 0.2) is 0 Å². The fourth-order valence-electron chi connectivity index (χ4n) is 7.80. The highest BCUT2D eigenvalue weighted by Gasteiger charge is 2.63. The number of ketones is 1. The summed E-state index contributed by atoms with van der Waals surface area (Å²) in [6.45, 7) is 6.63. The second-order valence-corrected chi connectivity index (χ2v) is 9.15. The minimum atomic E-state index is 0.00940. The molecule has 4 fully saturated rings. The van der Waals surface area contributed by atoms with Gasteiger partial charge in [0.05, 0.1) is 0 Å². The molecule has 7 atom stereocenters. The van der Waals surface area contributed by atoms with Crippen molar-refractivity contribution in [2.45, 2.75) is 58.3 Å². The first-order valence-electron chi connectivity index (χ1n) is 9.46. The Balaban J connectivity index is 1.68. The summed E-state index contributed by atoms with van der Waals surface area (Å²) >= 11 is 0. The maximum Gasteiger partial charge on any atom is 0.139 e. The third kappa shape index (κ3) is 1.40. The SMILES string of the molecule is C=C[C@]12CCC3C=C1CC[C@@H]1[C@@H]2C(C3)C[C@]2(C)C(=O)CC[C@@H]12. The monoisotopic (exact) mass is 296 g/mol. The number of rotatable bonds is 1. The van der Waals surface area contributed by atoms with Gasteiger partial charge < -0.3 is 0 Å². The van der Waals surface area contributed by atoms with E-state index in [9.17, 15) is 4.79 Å². The van der Waals surface area contributed by atoms with Gasteiger partial charge in [-0.3, -0.25) is 4.79 Å². The van der Waals surface area contributed by atoms with E-state index < -0.39 is 0 Å². The first-order valence-corrected chi connectivity index (χ1v) is 9.46.